The molecule has 0 fully saturated rings. The van der Waals surface area contributed by atoms with Gasteiger partial charge in [0.25, 0.3) is 0 Å². The fourth-order valence-corrected chi connectivity index (χ4v) is 2.86. The molecule has 0 amide bonds. The third-order valence-electron chi connectivity index (χ3n) is 3.67. The predicted molar refractivity (Wildman–Crippen MR) is 80.6 cm³/mol. The van der Waals surface area contributed by atoms with Crippen molar-refractivity contribution in [3.8, 4) is 5.69 Å². The van der Waals surface area contributed by atoms with E-state index in [1.165, 1.54) is 12.1 Å². The van der Waals surface area contributed by atoms with Crippen LogP contribution in [-0.4, -0.2) is 4.57 Å². The van der Waals surface area contributed by atoms with Gasteiger partial charge >= 0.3 is 0 Å². The Bertz CT molecular complexity index is 772. The number of aryl methyl sites for hydroxylation is 1. The van der Waals surface area contributed by atoms with Gasteiger partial charge < -0.3 is 10.3 Å². The van der Waals surface area contributed by atoms with Gasteiger partial charge in [-0.2, -0.15) is 0 Å². The highest BCUT2D eigenvalue weighted by Gasteiger charge is 2.17. The van der Waals surface area contributed by atoms with Crippen molar-refractivity contribution >= 4 is 10.9 Å². The summed E-state index contributed by atoms with van der Waals surface area (Å²) in [7, 11) is 0. The minimum absolute atomic E-state index is 0.120. The summed E-state index contributed by atoms with van der Waals surface area (Å²) in [6.07, 6.45) is 0. The van der Waals surface area contributed by atoms with Crippen LogP contribution >= 0.6 is 0 Å². The summed E-state index contributed by atoms with van der Waals surface area (Å²) in [6, 6.07) is 14.6. The number of hydrogen-bond acceptors (Lipinski definition) is 1. The molecular formula is C17H17FN2. The summed E-state index contributed by atoms with van der Waals surface area (Å²) < 4.78 is 15.6. The Labute approximate surface area is 117 Å². The first kappa shape index (κ1) is 12.9. The Kier molecular flexibility index (Phi) is 3.07. The fourth-order valence-electron chi connectivity index (χ4n) is 2.86. The maximum atomic E-state index is 13.5. The molecule has 2 N–H and O–H groups in total. The first-order valence-corrected chi connectivity index (χ1v) is 6.71. The molecule has 0 aliphatic heterocycles. The molecule has 0 aliphatic rings. The number of halogens is 1. The van der Waals surface area contributed by atoms with Crippen molar-refractivity contribution in [1.29, 1.82) is 0 Å². The number of nitrogens with two attached hydrogens (primary N) is 1. The van der Waals surface area contributed by atoms with Gasteiger partial charge in [-0.3, -0.25) is 0 Å². The molecule has 1 aromatic heterocycles. The standard InChI is InChI=1S/C17H17FN2/c1-11-15-8-3-4-9-16(15)20(17(11)12(2)19)14-7-5-6-13(18)10-14/h3-10,12H,19H2,1-2H3. The smallest absolute Gasteiger partial charge is 0.125 e. The summed E-state index contributed by atoms with van der Waals surface area (Å²) in [5.74, 6) is -0.242. The van der Waals surface area contributed by atoms with E-state index in [4.69, 9.17) is 5.73 Å². The number of hydrogen-bond donors (Lipinski definition) is 1. The van der Waals surface area contributed by atoms with Crippen LogP contribution in [-0.2, 0) is 0 Å². The van der Waals surface area contributed by atoms with Crippen LogP contribution < -0.4 is 5.73 Å². The summed E-state index contributed by atoms with van der Waals surface area (Å²) >= 11 is 0. The number of fused-ring (bicyclic) bond motifs is 1. The van der Waals surface area contributed by atoms with Crippen molar-refractivity contribution in [2.75, 3.05) is 0 Å². The van der Waals surface area contributed by atoms with Gasteiger partial charge in [-0.25, -0.2) is 4.39 Å². The SMILES string of the molecule is Cc1c(C(C)N)n(-c2cccc(F)c2)c2ccccc12. The van der Waals surface area contributed by atoms with Crippen LogP contribution in [0.5, 0.6) is 0 Å². The molecule has 1 heterocycles. The van der Waals surface area contributed by atoms with Gasteiger partial charge in [0.2, 0.25) is 0 Å². The Morgan fingerprint density at radius 1 is 1.10 bits per heavy atom. The van der Waals surface area contributed by atoms with Crippen molar-refractivity contribution < 1.29 is 4.39 Å². The van der Waals surface area contributed by atoms with E-state index in [0.29, 0.717) is 0 Å². The zero-order chi connectivity index (χ0) is 14.3. The van der Waals surface area contributed by atoms with Gasteiger partial charge in [-0.15, -0.1) is 0 Å². The van der Waals surface area contributed by atoms with Gasteiger partial charge in [-0.05, 0) is 43.7 Å². The number of para-hydroxylation sites is 1. The Morgan fingerprint density at radius 3 is 2.55 bits per heavy atom. The van der Waals surface area contributed by atoms with E-state index in [1.54, 1.807) is 6.07 Å². The van der Waals surface area contributed by atoms with Gasteiger partial charge in [0.15, 0.2) is 0 Å². The van der Waals surface area contributed by atoms with Crippen LogP contribution in [0.1, 0.15) is 24.2 Å². The van der Waals surface area contributed by atoms with Crippen LogP contribution in [0.4, 0.5) is 4.39 Å². The third kappa shape index (κ3) is 1.91. The molecule has 0 saturated carbocycles. The quantitative estimate of drug-likeness (QED) is 0.745. The molecule has 1 atom stereocenters. The largest absolute Gasteiger partial charge is 0.323 e. The van der Waals surface area contributed by atoms with Crippen LogP contribution in [0.15, 0.2) is 48.5 Å². The summed E-state index contributed by atoms with van der Waals surface area (Å²) in [5, 5.41) is 1.16. The van der Waals surface area contributed by atoms with Crippen molar-refractivity contribution in [2.45, 2.75) is 19.9 Å². The zero-order valence-corrected chi connectivity index (χ0v) is 11.6. The lowest BCUT2D eigenvalue weighted by molar-refractivity contribution is 0.626. The van der Waals surface area contributed by atoms with Crippen molar-refractivity contribution in [3.05, 3.63) is 65.6 Å². The van der Waals surface area contributed by atoms with Gasteiger partial charge in [0, 0.05) is 22.8 Å². The number of nitrogens with zero attached hydrogens (tertiary/aromatic N) is 1. The minimum atomic E-state index is -0.242. The molecule has 0 radical (unpaired) electrons. The summed E-state index contributed by atoms with van der Waals surface area (Å²) in [4.78, 5) is 0. The highest BCUT2D eigenvalue weighted by molar-refractivity contribution is 5.87. The van der Waals surface area contributed by atoms with E-state index < -0.39 is 0 Å². The van der Waals surface area contributed by atoms with E-state index in [-0.39, 0.29) is 11.9 Å². The molecule has 3 rings (SSSR count). The minimum Gasteiger partial charge on any atom is -0.323 e. The molecule has 102 valence electrons. The molecule has 1 unspecified atom stereocenters. The van der Waals surface area contributed by atoms with E-state index >= 15 is 0 Å². The van der Waals surface area contributed by atoms with Crippen LogP contribution in [0, 0.1) is 12.7 Å². The monoisotopic (exact) mass is 268 g/mol. The lowest BCUT2D eigenvalue weighted by atomic mass is 10.1. The lowest BCUT2D eigenvalue weighted by Gasteiger charge is -2.14. The van der Waals surface area contributed by atoms with Crippen molar-refractivity contribution in [2.24, 2.45) is 5.73 Å². The molecule has 20 heavy (non-hydrogen) atoms. The Hall–Kier alpha value is -2.13. The number of rotatable bonds is 2. The normalized spacial score (nSPS) is 12.8. The van der Waals surface area contributed by atoms with Crippen molar-refractivity contribution in [3.63, 3.8) is 0 Å². The van der Waals surface area contributed by atoms with Crippen molar-refractivity contribution in [1.82, 2.24) is 4.57 Å². The average molecular weight is 268 g/mol. The molecule has 2 nitrogen and oxygen atoms in total. The number of benzene rings is 2. The first-order chi connectivity index (χ1) is 9.59. The fraction of sp³-hybridized carbons (Fsp3) is 0.176. The highest BCUT2D eigenvalue weighted by atomic mass is 19.1. The van der Waals surface area contributed by atoms with E-state index in [9.17, 15) is 4.39 Å². The highest BCUT2D eigenvalue weighted by Crippen LogP contribution is 2.31. The maximum Gasteiger partial charge on any atom is 0.125 e. The molecule has 0 spiro atoms. The molecule has 0 saturated heterocycles. The molecule has 2 aromatic carbocycles. The lowest BCUT2D eigenvalue weighted by Crippen LogP contribution is -2.12. The second kappa shape index (κ2) is 4.76. The first-order valence-electron chi connectivity index (χ1n) is 6.71. The summed E-state index contributed by atoms with van der Waals surface area (Å²) in [6.45, 7) is 4.02. The molecule has 0 bridgehead atoms. The molecule has 3 aromatic rings. The second-order valence-electron chi connectivity index (χ2n) is 5.13. The number of aromatic nitrogens is 1. The molecule has 3 heteroatoms. The molecule has 0 aliphatic carbocycles. The van der Waals surface area contributed by atoms with Gasteiger partial charge in [0.1, 0.15) is 5.82 Å². The Morgan fingerprint density at radius 2 is 1.85 bits per heavy atom. The summed E-state index contributed by atoms with van der Waals surface area (Å²) in [5.41, 5.74) is 10.2. The zero-order valence-electron chi connectivity index (χ0n) is 11.6. The van der Waals surface area contributed by atoms with Gasteiger partial charge in [0.05, 0.1) is 5.52 Å². The Balaban J connectivity index is 2.41. The third-order valence-corrected chi connectivity index (χ3v) is 3.67. The van der Waals surface area contributed by atoms with E-state index in [0.717, 1.165) is 27.8 Å². The average Bonchev–Trinajstić information content (AvgIpc) is 2.73. The van der Waals surface area contributed by atoms with Crippen LogP contribution in [0.2, 0.25) is 0 Å². The van der Waals surface area contributed by atoms with Gasteiger partial charge in [-0.1, -0.05) is 24.3 Å². The maximum absolute atomic E-state index is 13.5. The van der Waals surface area contributed by atoms with E-state index in [1.807, 2.05) is 31.2 Å². The van der Waals surface area contributed by atoms with Crippen LogP contribution in [0.25, 0.3) is 16.6 Å². The predicted octanol–water partition coefficient (Wildman–Crippen LogP) is 4.10. The van der Waals surface area contributed by atoms with Crippen LogP contribution in [0.3, 0.4) is 0 Å². The second-order valence-corrected chi connectivity index (χ2v) is 5.13. The topological polar surface area (TPSA) is 30.9 Å². The molecular weight excluding hydrogens is 251 g/mol. The van der Waals surface area contributed by atoms with E-state index in [2.05, 4.69) is 17.6 Å².